The van der Waals surface area contributed by atoms with Gasteiger partial charge in [-0.15, -0.1) is 69.6 Å². The number of halogens is 6. The van der Waals surface area contributed by atoms with Gasteiger partial charge in [0.05, 0.1) is 0 Å². The molecule has 0 N–H and O–H groups in total. The minimum atomic E-state index is -0.222. The van der Waals surface area contributed by atoms with Crippen LogP contribution in [0.4, 0.5) is 0 Å². The van der Waals surface area contributed by atoms with E-state index in [0.29, 0.717) is 11.8 Å². The topological polar surface area (TPSA) is 0 Å². The van der Waals surface area contributed by atoms with Crippen molar-refractivity contribution in [3.63, 3.8) is 0 Å². The van der Waals surface area contributed by atoms with Crippen LogP contribution in [-0.2, 0) is 0 Å². The molecule has 0 unspecified atom stereocenters. The smallest absolute Gasteiger partial charge is 0.105 e. The predicted octanol–water partition coefficient (Wildman–Crippen LogP) is 5.08. The normalized spacial score (nSPS) is 8.50. The Hall–Kier alpha value is 1.74. The molecule has 0 spiro atoms. The lowest BCUT2D eigenvalue weighted by Gasteiger charge is -1.72. The van der Waals surface area contributed by atoms with E-state index in [2.05, 4.69) is 0 Å². The van der Waals surface area contributed by atoms with Gasteiger partial charge in [0.2, 0.25) is 0 Å². The van der Waals surface area contributed by atoms with E-state index in [9.17, 15) is 0 Å². The second-order valence-electron chi connectivity index (χ2n) is 1.42. The van der Waals surface area contributed by atoms with Crippen LogP contribution in [0, 0.1) is 0 Å². The highest BCUT2D eigenvalue weighted by molar-refractivity contribution is 6.44. The molecule has 0 aromatic rings. The maximum absolute atomic E-state index is 5.05. The zero-order chi connectivity index (χ0) is 10.6. The summed E-state index contributed by atoms with van der Waals surface area (Å²) >= 11 is 30.3. The molecule has 0 aliphatic rings. The maximum Gasteiger partial charge on any atom is 0.105 e. The van der Waals surface area contributed by atoms with Crippen molar-refractivity contribution >= 4 is 69.6 Å². The van der Waals surface area contributed by atoms with Gasteiger partial charge < -0.3 is 0 Å². The van der Waals surface area contributed by atoms with Crippen LogP contribution in [0.5, 0.6) is 0 Å². The van der Waals surface area contributed by atoms with E-state index in [1.165, 1.54) is 0 Å². The summed E-state index contributed by atoms with van der Waals surface area (Å²) in [4.78, 5) is -0.444. The predicted molar refractivity (Wildman–Crippen MR) is 63.8 cm³/mol. The second kappa shape index (κ2) is 18.5. The maximum atomic E-state index is 5.05. The van der Waals surface area contributed by atoms with Crippen molar-refractivity contribution in [2.75, 3.05) is 11.8 Å². The lowest BCUT2D eigenvalue weighted by Crippen LogP contribution is -1.63. The van der Waals surface area contributed by atoms with Gasteiger partial charge in [0.25, 0.3) is 0 Å². The van der Waals surface area contributed by atoms with Gasteiger partial charge in [0.1, 0.15) is 9.67 Å². The Balaban J connectivity index is -0.000000101. The van der Waals surface area contributed by atoms with Gasteiger partial charge in [-0.25, -0.2) is 0 Å². The summed E-state index contributed by atoms with van der Waals surface area (Å²) < 4.78 is 0. The molecule has 12 heavy (non-hydrogen) atoms. The van der Waals surface area contributed by atoms with Crippen LogP contribution < -0.4 is 0 Å². The van der Waals surface area contributed by atoms with E-state index in [1.54, 1.807) is 13.8 Å². The molecule has 78 valence electrons. The van der Waals surface area contributed by atoms with E-state index >= 15 is 0 Å². The standard InChI is InChI=1S/3C2H4Cl2/c2*1-2(3)4;3-1-2-4/h2*2H,1H3;1-2H2. The first-order valence-corrected chi connectivity index (χ1v) is 5.88. The molecule has 0 aliphatic carbocycles. The molecular weight excluding hydrogens is 285 g/mol. The summed E-state index contributed by atoms with van der Waals surface area (Å²) in [5.74, 6) is 1.11. The van der Waals surface area contributed by atoms with E-state index < -0.39 is 0 Å². The summed E-state index contributed by atoms with van der Waals surface area (Å²) in [7, 11) is 0. The molecule has 0 nitrogen and oxygen atoms in total. The average molecular weight is 297 g/mol. The summed E-state index contributed by atoms with van der Waals surface area (Å²) in [6.07, 6.45) is 0. The Morgan fingerprint density at radius 1 is 0.750 bits per heavy atom. The molecule has 0 aliphatic heterocycles. The third kappa shape index (κ3) is 180. The van der Waals surface area contributed by atoms with Crippen molar-refractivity contribution in [3.8, 4) is 0 Å². The Kier molecular flexibility index (Phi) is 29.8. The van der Waals surface area contributed by atoms with Gasteiger partial charge in [-0.1, -0.05) is 0 Å². The SMILES string of the molecule is CC(Cl)Cl.CC(Cl)Cl.ClCCCl. The van der Waals surface area contributed by atoms with Crippen LogP contribution in [-0.4, -0.2) is 21.4 Å². The van der Waals surface area contributed by atoms with E-state index in [1.807, 2.05) is 0 Å². The highest BCUT2D eigenvalue weighted by atomic mass is 35.5. The fraction of sp³-hybridized carbons (Fsp3) is 1.00. The Morgan fingerprint density at radius 3 is 0.833 bits per heavy atom. The Morgan fingerprint density at radius 2 is 0.833 bits per heavy atom. The fourth-order valence-corrected chi connectivity index (χ4v) is 0. The molecule has 0 radical (unpaired) electrons. The molecule has 0 rings (SSSR count). The van der Waals surface area contributed by atoms with Crippen LogP contribution in [0.15, 0.2) is 0 Å². The first-order chi connectivity index (χ1) is 5.38. The molecule has 0 amide bonds. The number of hydrogen-bond donors (Lipinski definition) is 0. The van der Waals surface area contributed by atoms with Crippen molar-refractivity contribution < 1.29 is 0 Å². The molecular formula is C6H12Cl6. The summed E-state index contributed by atoms with van der Waals surface area (Å²) in [6.45, 7) is 3.40. The average Bonchev–Trinajstić information content (AvgIpc) is 1.85. The van der Waals surface area contributed by atoms with Gasteiger partial charge in [-0.05, 0) is 13.8 Å². The monoisotopic (exact) mass is 294 g/mol. The zero-order valence-electron chi connectivity index (χ0n) is 6.84. The Bertz CT molecular complexity index is 42.5. The molecule has 0 heterocycles. The minimum Gasteiger partial charge on any atom is -0.125 e. The van der Waals surface area contributed by atoms with Crippen LogP contribution in [0.25, 0.3) is 0 Å². The number of hydrogen-bond acceptors (Lipinski definition) is 0. The van der Waals surface area contributed by atoms with Crippen LogP contribution in [0.1, 0.15) is 13.8 Å². The van der Waals surface area contributed by atoms with E-state index in [0.717, 1.165) is 0 Å². The van der Waals surface area contributed by atoms with Crippen molar-refractivity contribution in [1.82, 2.24) is 0 Å². The van der Waals surface area contributed by atoms with Gasteiger partial charge in [-0.3, -0.25) is 0 Å². The minimum absolute atomic E-state index is 0.222. The fourth-order valence-electron chi connectivity index (χ4n) is 0. The van der Waals surface area contributed by atoms with Crippen molar-refractivity contribution in [2.45, 2.75) is 23.5 Å². The highest BCUT2D eigenvalue weighted by Gasteiger charge is 1.75. The van der Waals surface area contributed by atoms with Crippen LogP contribution in [0.3, 0.4) is 0 Å². The van der Waals surface area contributed by atoms with Crippen LogP contribution in [0.2, 0.25) is 0 Å². The largest absolute Gasteiger partial charge is 0.125 e. The third-order valence-corrected chi connectivity index (χ3v) is 0.643. The second-order valence-corrected chi connectivity index (χ2v) is 5.24. The molecule has 0 saturated heterocycles. The summed E-state index contributed by atoms with van der Waals surface area (Å²) in [5.41, 5.74) is 0. The van der Waals surface area contributed by atoms with Crippen molar-refractivity contribution in [2.24, 2.45) is 0 Å². The lowest BCUT2D eigenvalue weighted by molar-refractivity contribution is 1.39. The molecule has 0 saturated carbocycles. The third-order valence-electron chi connectivity index (χ3n) is 0.0714. The first-order valence-electron chi connectivity index (χ1n) is 3.06. The van der Waals surface area contributed by atoms with Gasteiger partial charge in [-0.2, -0.15) is 0 Å². The van der Waals surface area contributed by atoms with E-state index in [4.69, 9.17) is 69.6 Å². The summed E-state index contributed by atoms with van der Waals surface area (Å²) in [5, 5.41) is 0. The lowest BCUT2D eigenvalue weighted by atomic mass is 11.0. The van der Waals surface area contributed by atoms with Crippen molar-refractivity contribution in [3.05, 3.63) is 0 Å². The Labute approximate surface area is 104 Å². The van der Waals surface area contributed by atoms with E-state index in [-0.39, 0.29) is 9.67 Å². The first kappa shape index (κ1) is 19.3. The zero-order valence-corrected chi connectivity index (χ0v) is 11.4. The van der Waals surface area contributed by atoms with Crippen molar-refractivity contribution in [1.29, 1.82) is 0 Å². The molecule has 6 heteroatoms. The summed E-state index contributed by atoms with van der Waals surface area (Å²) in [6, 6.07) is 0. The molecule has 0 fully saturated rings. The van der Waals surface area contributed by atoms with Crippen LogP contribution >= 0.6 is 69.6 Å². The number of rotatable bonds is 1. The number of alkyl halides is 6. The van der Waals surface area contributed by atoms with Gasteiger partial charge >= 0.3 is 0 Å². The molecule has 0 aromatic carbocycles. The quantitative estimate of drug-likeness (QED) is 0.592. The molecule has 0 aromatic heterocycles. The highest BCUT2D eigenvalue weighted by Crippen LogP contribution is 1.95. The van der Waals surface area contributed by atoms with Gasteiger partial charge in [0, 0.05) is 11.8 Å². The molecule has 0 bridgehead atoms. The molecule has 0 atom stereocenters. The van der Waals surface area contributed by atoms with Gasteiger partial charge in [0.15, 0.2) is 0 Å².